The van der Waals surface area contributed by atoms with Crippen molar-refractivity contribution in [1.82, 2.24) is 0 Å². The monoisotopic (exact) mass is 441 g/mol. The Bertz CT molecular complexity index is 1020. The Balaban J connectivity index is 1.97. The first kappa shape index (κ1) is 23.9. The molecule has 0 fully saturated rings. The van der Waals surface area contributed by atoms with Crippen molar-refractivity contribution >= 4 is 22.4 Å². The van der Waals surface area contributed by atoms with Crippen molar-refractivity contribution in [3.63, 3.8) is 0 Å². The van der Waals surface area contributed by atoms with Crippen LogP contribution in [0.15, 0.2) is 96.4 Å². The highest BCUT2D eigenvalue weighted by molar-refractivity contribution is 8.10. The number of thioether (sulfide) groups is 1. The van der Waals surface area contributed by atoms with Crippen molar-refractivity contribution in [2.24, 2.45) is 0 Å². The summed E-state index contributed by atoms with van der Waals surface area (Å²) in [5.74, 6) is 0.897. The van der Waals surface area contributed by atoms with Crippen molar-refractivity contribution in [2.45, 2.75) is 52.5 Å². The highest BCUT2D eigenvalue weighted by Crippen LogP contribution is 2.38. The maximum absolute atomic E-state index is 4.29. The molecule has 0 radical (unpaired) electrons. The molecule has 0 aliphatic rings. The molecule has 1 atom stereocenters. The molecule has 32 heavy (non-hydrogen) atoms. The largest absolute Gasteiger partial charge is 0.374 e. The van der Waals surface area contributed by atoms with Gasteiger partial charge in [-0.25, -0.2) is 0 Å². The Hall–Kier alpha value is -2.71. The Kier molecular flexibility index (Phi) is 8.41. The molecule has 1 unspecified atom stereocenters. The summed E-state index contributed by atoms with van der Waals surface area (Å²) in [5, 5.41) is 6.19. The van der Waals surface area contributed by atoms with E-state index in [9.17, 15) is 0 Å². The highest BCUT2D eigenvalue weighted by atomic mass is 32.2. The van der Waals surface area contributed by atoms with Crippen LogP contribution in [-0.4, -0.2) is 0 Å². The molecule has 166 valence electrons. The van der Waals surface area contributed by atoms with Crippen LogP contribution in [0.4, 0.5) is 5.69 Å². The van der Waals surface area contributed by atoms with E-state index in [1.807, 2.05) is 6.07 Å². The van der Waals surface area contributed by atoms with E-state index in [2.05, 4.69) is 125 Å². The minimum absolute atomic E-state index is 0.0877. The van der Waals surface area contributed by atoms with E-state index < -0.39 is 0 Å². The third kappa shape index (κ3) is 5.95. The van der Waals surface area contributed by atoms with E-state index in [1.165, 1.54) is 28.0 Å². The third-order valence-electron chi connectivity index (χ3n) is 5.73. The van der Waals surface area contributed by atoms with Gasteiger partial charge in [-0.15, -0.1) is 0 Å². The molecule has 3 rings (SSSR count). The van der Waals surface area contributed by atoms with Gasteiger partial charge in [0.15, 0.2) is 0 Å². The molecule has 0 heterocycles. The molecule has 0 saturated carbocycles. The van der Waals surface area contributed by atoms with E-state index in [0.717, 1.165) is 10.5 Å². The van der Waals surface area contributed by atoms with Gasteiger partial charge in [-0.1, -0.05) is 125 Å². The highest BCUT2D eigenvalue weighted by Gasteiger charge is 2.20. The minimum Gasteiger partial charge on any atom is -0.374 e. The van der Waals surface area contributed by atoms with Gasteiger partial charge in [-0.2, -0.15) is 0 Å². The molecule has 1 nitrogen and oxygen atoms in total. The quantitative estimate of drug-likeness (QED) is 0.355. The van der Waals surface area contributed by atoms with Crippen molar-refractivity contribution in [2.75, 3.05) is 5.32 Å². The molecule has 0 saturated heterocycles. The number of anilines is 1. The molecular formula is C30H35NS. The lowest BCUT2D eigenvalue weighted by molar-refractivity contribution is 0.818. The molecule has 0 aliphatic heterocycles. The summed E-state index contributed by atoms with van der Waals surface area (Å²) in [4.78, 5) is 1.06. The van der Waals surface area contributed by atoms with Gasteiger partial charge in [0, 0.05) is 10.6 Å². The van der Waals surface area contributed by atoms with Crippen LogP contribution in [0.25, 0.3) is 4.91 Å². The summed E-state index contributed by atoms with van der Waals surface area (Å²) in [6.45, 7) is 15.6. The summed E-state index contributed by atoms with van der Waals surface area (Å²) in [7, 11) is 0. The molecule has 3 aromatic carbocycles. The van der Waals surface area contributed by atoms with Gasteiger partial charge >= 0.3 is 0 Å². The second kappa shape index (κ2) is 11.2. The molecule has 3 aromatic rings. The minimum atomic E-state index is 0.0877. The second-order valence-electron chi connectivity index (χ2n) is 8.88. The van der Waals surface area contributed by atoms with E-state index >= 15 is 0 Å². The molecule has 0 spiro atoms. The van der Waals surface area contributed by atoms with Gasteiger partial charge in [0.1, 0.15) is 0 Å². The lowest BCUT2D eigenvalue weighted by Crippen LogP contribution is -2.15. The molecule has 2 heteroatoms. The molecule has 0 bridgehead atoms. The van der Waals surface area contributed by atoms with Crippen molar-refractivity contribution in [3.8, 4) is 0 Å². The van der Waals surface area contributed by atoms with Gasteiger partial charge in [-0.3, -0.25) is 0 Å². The fourth-order valence-corrected chi connectivity index (χ4v) is 4.63. The van der Waals surface area contributed by atoms with Gasteiger partial charge in [0.2, 0.25) is 0 Å². The van der Waals surface area contributed by atoms with Crippen molar-refractivity contribution in [3.05, 3.63) is 119 Å². The zero-order valence-electron chi connectivity index (χ0n) is 19.9. The van der Waals surface area contributed by atoms with Crippen molar-refractivity contribution in [1.29, 1.82) is 0 Å². The lowest BCUT2D eigenvalue weighted by atomic mass is 9.91. The van der Waals surface area contributed by atoms with E-state index in [0.29, 0.717) is 11.8 Å². The van der Waals surface area contributed by atoms with Crippen molar-refractivity contribution < 1.29 is 0 Å². The zero-order valence-corrected chi connectivity index (χ0v) is 20.7. The SMILES string of the molecule is C=C(S/C=C(\C)C(Nc1c(C(C)C)cccc1C(C)C)c1ccccc1)c1ccccc1. The predicted molar refractivity (Wildman–Crippen MR) is 144 cm³/mol. The van der Waals surface area contributed by atoms with E-state index in [1.54, 1.807) is 11.8 Å². The van der Waals surface area contributed by atoms with Crippen LogP contribution in [0.3, 0.4) is 0 Å². The topological polar surface area (TPSA) is 12.0 Å². The first-order chi connectivity index (χ1) is 15.4. The fourth-order valence-electron chi connectivity index (χ4n) is 3.89. The number of hydrogen-bond acceptors (Lipinski definition) is 2. The number of benzene rings is 3. The second-order valence-corrected chi connectivity index (χ2v) is 9.84. The first-order valence-electron chi connectivity index (χ1n) is 11.4. The summed E-state index contributed by atoms with van der Waals surface area (Å²) < 4.78 is 0. The zero-order chi connectivity index (χ0) is 23.1. The van der Waals surface area contributed by atoms with Crippen LogP contribution in [0.2, 0.25) is 0 Å². The average molecular weight is 442 g/mol. The van der Waals surface area contributed by atoms with Gasteiger partial charge in [0.05, 0.1) is 6.04 Å². The molecule has 0 aromatic heterocycles. The summed E-state index contributed by atoms with van der Waals surface area (Å²) >= 11 is 1.70. The molecular weight excluding hydrogens is 406 g/mol. The van der Waals surface area contributed by atoms with Gasteiger partial charge < -0.3 is 5.32 Å². The average Bonchev–Trinajstić information content (AvgIpc) is 2.81. The lowest BCUT2D eigenvalue weighted by Gasteiger charge is -2.27. The summed E-state index contributed by atoms with van der Waals surface area (Å²) in [5.41, 5.74) is 7.70. The van der Waals surface area contributed by atoms with Gasteiger partial charge in [-0.05, 0) is 52.0 Å². The van der Waals surface area contributed by atoms with Crippen LogP contribution >= 0.6 is 11.8 Å². The number of rotatable bonds is 9. The summed E-state index contributed by atoms with van der Waals surface area (Å²) in [6, 6.07) is 27.9. The predicted octanol–water partition coefficient (Wildman–Crippen LogP) is 9.39. The third-order valence-corrected chi connectivity index (χ3v) is 6.74. The standard InChI is InChI=1S/C30H35NS/c1-21(2)27-18-13-19-28(22(3)4)30(27)31-29(26-16-11-8-12-17-26)23(5)20-32-24(6)25-14-9-7-10-15-25/h7-22,29,31H,6H2,1-5H3/b23-20+. The van der Waals surface area contributed by atoms with Crippen LogP contribution in [0, 0.1) is 0 Å². The smallest absolute Gasteiger partial charge is 0.0732 e. The summed E-state index contributed by atoms with van der Waals surface area (Å²) in [6.07, 6.45) is 0. The Morgan fingerprint density at radius 2 is 1.31 bits per heavy atom. The molecule has 0 aliphatic carbocycles. The van der Waals surface area contributed by atoms with E-state index in [-0.39, 0.29) is 6.04 Å². The van der Waals surface area contributed by atoms with Crippen LogP contribution in [-0.2, 0) is 0 Å². The Morgan fingerprint density at radius 3 is 1.84 bits per heavy atom. The molecule has 0 amide bonds. The van der Waals surface area contributed by atoms with Crippen LogP contribution in [0.5, 0.6) is 0 Å². The maximum Gasteiger partial charge on any atom is 0.0732 e. The maximum atomic E-state index is 4.29. The van der Waals surface area contributed by atoms with Crippen LogP contribution in [0.1, 0.15) is 74.8 Å². The number of para-hydroxylation sites is 1. The molecule has 1 N–H and O–H groups in total. The fraction of sp³-hybridized carbons (Fsp3) is 0.267. The number of nitrogens with one attached hydrogen (secondary N) is 1. The van der Waals surface area contributed by atoms with E-state index in [4.69, 9.17) is 0 Å². The van der Waals surface area contributed by atoms with Gasteiger partial charge in [0.25, 0.3) is 0 Å². The first-order valence-corrected chi connectivity index (χ1v) is 12.3. The Morgan fingerprint density at radius 1 is 0.781 bits per heavy atom. The Labute approximate surface area is 198 Å². The normalized spacial score (nSPS) is 12.8. The number of hydrogen-bond donors (Lipinski definition) is 1. The van der Waals surface area contributed by atoms with Crippen LogP contribution < -0.4 is 5.32 Å².